The van der Waals surface area contributed by atoms with Crippen molar-refractivity contribution in [2.24, 2.45) is 0 Å². The number of hydrogen-bond acceptors (Lipinski definition) is 3. The van der Waals surface area contributed by atoms with Crippen LogP contribution in [-0.2, 0) is 0 Å². The molecule has 11 heavy (non-hydrogen) atoms. The first-order valence-electron chi connectivity index (χ1n) is 3.18. The molecule has 0 fully saturated rings. The molecule has 0 bridgehead atoms. The molecular formula is C8H7NO2. The van der Waals surface area contributed by atoms with Crippen molar-refractivity contribution < 1.29 is 4.79 Å². The predicted octanol–water partition coefficient (Wildman–Crippen LogP) is 0.644. The fraction of sp³-hybridized carbons (Fsp3) is 0.125. The molecule has 0 saturated heterocycles. The Morgan fingerprint density at radius 2 is 2.18 bits per heavy atom. The van der Waals surface area contributed by atoms with Crippen LogP contribution in [0.15, 0.2) is 29.2 Å². The van der Waals surface area contributed by atoms with E-state index in [1.165, 1.54) is 19.2 Å². The molecule has 0 unspecified atom stereocenters. The second-order valence-corrected chi connectivity index (χ2v) is 2.10. The molecule has 0 spiro atoms. The van der Waals surface area contributed by atoms with E-state index in [1.807, 2.05) is 0 Å². The van der Waals surface area contributed by atoms with Crippen LogP contribution in [0.25, 0.3) is 0 Å². The molecule has 0 aliphatic carbocycles. The first-order valence-corrected chi connectivity index (χ1v) is 3.18. The Morgan fingerprint density at radius 3 is 2.82 bits per heavy atom. The van der Waals surface area contributed by atoms with Gasteiger partial charge in [0.05, 0.1) is 5.56 Å². The zero-order chi connectivity index (χ0) is 8.27. The number of rotatable bonds is 1. The van der Waals surface area contributed by atoms with E-state index in [0.717, 1.165) is 0 Å². The largest absolute Gasteiger partial charge is 0.294 e. The quantitative estimate of drug-likeness (QED) is 0.550. The number of carbonyl (C=O) groups excluding carboxylic acids is 1. The highest BCUT2D eigenvalue weighted by molar-refractivity contribution is 5.93. The topological polar surface area (TPSA) is 47.0 Å². The van der Waals surface area contributed by atoms with Gasteiger partial charge in [-0.15, -0.1) is 0 Å². The molecule has 1 heterocycles. The molecule has 3 nitrogen and oxygen atoms in total. The minimum atomic E-state index is -0.470. The average molecular weight is 149 g/mol. The summed E-state index contributed by atoms with van der Waals surface area (Å²) in [6, 6.07) is 4.69. The Bertz CT molecular complexity index is 333. The van der Waals surface area contributed by atoms with Gasteiger partial charge < -0.3 is 0 Å². The van der Waals surface area contributed by atoms with Crippen LogP contribution in [0.5, 0.6) is 0 Å². The van der Waals surface area contributed by atoms with E-state index in [4.69, 9.17) is 0 Å². The molecule has 1 aromatic rings. The van der Waals surface area contributed by atoms with Crippen molar-refractivity contribution in [2.75, 3.05) is 0 Å². The smallest absolute Gasteiger partial charge is 0.280 e. The molecule has 56 valence electrons. The summed E-state index contributed by atoms with van der Waals surface area (Å²) >= 11 is 0. The number of nitrogens with zero attached hydrogens (tertiary/aromatic N) is 1. The molecule has 0 radical (unpaired) electrons. The zero-order valence-corrected chi connectivity index (χ0v) is 6.07. The minimum absolute atomic E-state index is 0.134. The maximum absolute atomic E-state index is 10.9. The molecule has 0 N–H and O–H groups in total. The fourth-order valence-electron chi connectivity index (χ4n) is 0.721. The van der Waals surface area contributed by atoms with Crippen LogP contribution < -0.4 is 5.56 Å². The molecule has 1 rings (SSSR count). The van der Waals surface area contributed by atoms with E-state index >= 15 is 0 Å². The lowest BCUT2D eigenvalue weighted by Gasteiger charge is -1.82. The van der Waals surface area contributed by atoms with Gasteiger partial charge in [-0.3, -0.25) is 9.59 Å². The summed E-state index contributed by atoms with van der Waals surface area (Å²) in [6.07, 6.45) is 1.37. The summed E-state index contributed by atoms with van der Waals surface area (Å²) < 4.78 is 0. The van der Waals surface area contributed by atoms with Crippen LogP contribution in [0.1, 0.15) is 17.3 Å². The molecule has 0 aromatic carbocycles. The van der Waals surface area contributed by atoms with Crippen molar-refractivity contribution in [2.45, 2.75) is 6.92 Å². The van der Waals surface area contributed by atoms with Crippen molar-refractivity contribution in [3.8, 4) is 0 Å². The second-order valence-electron chi connectivity index (χ2n) is 2.10. The first-order chi connectivity index (χ1) is 5.22. The van der Waals surface area contributed by atoms with E-state index in [2.05, 4.69) is 4.98 Å². The lowest BCUT2D eigenvalue weighted by Crippen LogP contribution is -2.11. The summed E-state index contributed by atoms with van der Waals surface area (Å²) in [5, 5.41) is 0. The minimum Gasteiger partial charge on any atom is -0.294 e. The third-order valence-corrected chi connectivity index (χ3v) is 1.26. The van der Waals surface area contributed by atoms with Gasteiger partial charge >= 0.3 is 0 Å². The Hall–Kier alpha value is -1.51. The SMILES string of the molecule is CC(=O)c1ccccnc1=O. The van der Waals surface area contributed by atoms with E-state index < -0.39 is 5.56 Å². The predicted molar refractivity (Wildman–Crippen MR) is 40.5 cm³/mol. The van der Waals surface area contributed by atoms with Crippen LogP contribution in [0.2, 0.25) is 0 Å². The summed E-state index contributed by atoms with van der Waals surface area (Å²) in [4.78, 5) is 25.2. The van der Waals surface area contributed by atoms with E-state index in [1.54, 1.807) is 12.1 Å². The summed E-state index contributed by atoms with van der Waals surface area (Å²) in [6.45, 7) is 1.35. The molecule has 3 heteroatoms. The number of aromatic nitrogens is 1. The molecule has 0 aliphatic rings. The lowest BCUT2D eigenvalue weighted by atomic mass is 10.2. The van der Waals surface area contributed by atoms with Crippen molar-refractivity contribution in [1.82, 2.24) is 4.98 Å². The van der Waals surface area contributed by atoms with Crippen molar-refractivity contribution in [3.63, 3.8) is 0 Å². The van der Waals surface area contributed by atoms with Crippen LogP contribution in [0.3, 0.4) is 0 Å². The maximum Gasteiger partial charge on any atom is 0.280 e. The van der Waals surface area contributed by atoms with Gasteiger partial charge in [-0.05, 0) is 19.1 Å². The lowest BCUT2D eigenvalue weighted by molar-refractivity contribution is 0.101. The van der Waals surface area contributed by atoms with Gasteiger partial charge in [-0.1, -0.05) is 6.07 Å². The van der Waals surface area contributed by atoms with E-state index in [0.29, 0.717) is 0 Å². The fourth-order valence-corrected chi connectivity index (χ4v) is 0.721. The Labute approximate surface area is 63.7 Å². The van der Waals surface area contributed by atoms with Gasteiger partial charge in [0, 0.05) is 6.20 Å². The van der Waals surface area contributed by atoms with Gasteiger partial charge in [0.15, 0.2) is 5.78 Å². The molecule has 0 saturated carbocycles. The Morgan fingerprint density at radius 1 is 1.45 bits per heavy atom. The third-order valence-electron chi connectivity index (χ3n) is 1.26. The molecule has 0 amide bonds. The standard InChI is InChI=1S/C8H7NO2/c1-6(10)7-4-2-3-5-9-8(7)11/h2-5H,1H3. The Kier molecular flexibility index (Phi) is 2.11. The van der Waals surface area contributed by atoms with Crippen LogP contribution in [-0.4, -0.2) is 10.8 Å². The highest BCUT2D eigenvalue weighted by Crippen LogP contribution is 1.88. The molecule has 0 atom stereocenters. The number of ketones is 1. The zero-order valence-electron chi connectivity index (χ0n) is 6.07. The summed E-state index contributed by atoms with van der Waals surface area (Å²) in [5.74, 6) is -0.251. The van der Waals surface area contributed by atoms with Gasteiger partial charge in [0.25, 0.3) is 5.56 Å². The van der Waals surface area contributed by atoms with Crippen molar-refractivity contribution >= 4 is 5.78 Å². The van der Waals surface area contributed by atoms with Crippen molar-refractivity contribution in [3.05, 3.63) is 40.3 Å². The summed E-state index contributed by atoms with van der Waals surface area (Å²) in [7, 11) is 0. The molecular weight excluding hydrogens is 142 g/mol. The maximum atomic E-state index is 10.9. The number of carbonyl (C=O) groups is 1. The summed E-state index contributed by atoms with van der Waals surface area (Å²) in [5.41, 5.74) is -0.336. The number of hydrogen-bond donors (Lipinski definition) is 0. The highest BCUT2D eigenvalue weighted by Gasteiger charge is 2.01. The average Bonchev–Trinajstić information content (AvgIpc) is 2.13. The van der Waals surface area contributed by atoms with Crippen LogP contribution >= 0.6 is 0 Å². The van der Waals surface area contributed by atoms with Crippen molar-refractivity contribution in [1.29, 1.82) is 0 Å². The van der Waals surface area contributed by atoms with Gasteiger partial charge in [0.2, 0.25) is 0 Å². The third kappa shape index (κ3) is 1.70. The Balaban J connectivity index is 3.41. The molecule has 1 aromatic heterocycles. The van der Waals surface area contributed by atoms with Gasteiger partial charge in [-0.2, -0.15) is 0 Å². The van der Waals surface area contributed by atoms with Crippen LogP contribution in [0, 0.1) is 0 Å². The highest BCUT2D eigenvalue weighted by atomic mass is 16.1. The monoisotopic (exact) mass is 149 g/mol. The first kappa shape index (κ1) is 7.60. The van der Waals surface area contributed by atoms with E-state index in [-0.39, 0.29) is 11.3 Å². The normalized spacial score (nSPS) is 9.18. The second kappa shape index (κ2) is 3.05. The van der Waals surface area contributed by atoms with Gasteiger partial charge in [-0.25, -0.2) is 4.98 Å². The molecule has 0 aliphatic heterocycles. The van der Waals surface area contributed by atoms with E-state index in [9.17, 15) is 9.59 Å². The van der Waals surface area contributed by atoms with Gasteiger partial charge in [0.1, 0.15) is 0 Å². The number of Topliss-reactive ketones (excluding diaryl/α,β-unsaturated/α-hetero) is 1. The van der Waals surface area contributed by atoms with Crippen LogP contribution in [0.4, 0.5) is 0 Å².